The van der Waals surface area contributed by atoms with Gasteiger partial charge in [0.05, 0.1) is 12.1 Å². The van der Waals surface area contributed by atoms with Crippen molar-refractivity contribution >= 4 is 23.3 Å². The summed E-state index contributed by atoms with van der Waals surface area (Å²) in [4.78, 5) is 16.7. The van der Waals surface area contributed by atoms with Crippen LogP contribution in [0.4, 0.5) is 10.5 Å². The van der Waals surface area contributed by atoms with Crippen molar-refractivity contribution < 1.29 is 9.53 Å². The van der Waals surface area contributed by atoms with Crippen LogP contribution in [-0.4, -0.2) is 49.3 Å². The van der Waals surface area contributed by atoms with Gasteiger partial charge >= 0.3 is 6.03 Å². The first kappa shape index (κ1) is 22.0. The number of carbonyl (C=O) groups is 1. The van der Waals surface area contributed by atoms with Gasteiger partial charge < -0.3 is 15.0 Å². The molecule has 0 saturated carbocycles. The third-order valence-corrected chi connectivity index (χ3v) is 6.50. The van der Waals surface area contributed by atoms with Gasteiger partial charge in [-0.25, -0.2) is 4.79 Å². The van der Waals surface area contributed by atoms with Crippen molar-refractivity contribution in [2.45, 2.75) is 45.3 Å². The number of para-hydroxylation sites is 1. The normalized spacial score (nSPS) is 20.3. The van der Waals surface area contributed by atoms with Gasteiger partial charge in [0.2, 0.25) is 0 Å². The third kappa shape index (κ3) is 5.72. The zero-order valence-corrected chi connectivity index (χ0v) is 19.1. The predicted octanol–water partition coefficient (Wildman–Crippen LogP) is 4.98. The van der Waals surface area contributed by atoms with E-state index in [0.29, 0.717) is 5.92 Å². The Morgan fingerprint density at radius 3 is 2.58 bits per heavy atom. The fourth-order valence-electron chi connectivity index (χ4n) is 4.58. The molecule has 6 heteroatoms. The first-order chi connectivity index (χ1) is 15.0. The molecule has 2 aliphatic rings. The number of rotatable bonds is 7. The summed E-state index contributed by atoms with van der Waals surface area (Å²) < 4.78 is 5.83. The lowest BCUT2D eigenvalue weighted by molar-refractivity contribution is 0.173. The highest BCUT2D eigenvalue weighted by Gasteiger charge is 2.32. The van der Waals surface area contributed by atoms with Crippen molar-refractivity contribution in [2.75, 3.05) is 31.1 Å². The van der Waals surface area contributed by atoms with Gasteiger partial charge in [0, 0.05) is 23.8 Å². The topological polar surface area (TPSA) is 44.8 Å². The first-order valence-electron chi connectivity index (χ1n) is 11.3. The molecule has 0 aliphatic carbocycles. The zero-order valence-electron chi connectivity index (χ0n) is 18.4. The number of carbonyl (C=O) groups excluding carboxylic acids is 1. The highest BCUT2D eigenvalue weighted by Crippen LogP contribution is 2.29. The summed E-state index contributed by atoms with van der Waals surface area (Å²) in [6.45, 7) is 7.82. The lowest BCUT2D eigenvalue weighted by atomic mass is 9.90. The van der Waals surface area contributed by atoms with Crippen molar-refractivity contribution in [2.24, 2.45) is 5.92 Å². The molecule has 1 atom stereocenters. The van der Waals surface area contributed by atoms with Crippen LogP contribution in [0.5, 0.6) is 5.75 Å². The number of amides is 2. The SMILES string of the molecule is CC(C)Oc1ccc(Cl)c(CC2CCN(CC3CN(c4ccccc4)C(=O)N3)CC2)c1. The number of nitrogens with one attached hydrogen (secondary N) is 1. The highest BCUT2D eigenvalue weighted by molar-refractivity contribution is 6.31. The standard InChI is InChI=1S/C25H32ClN3O2/c1-18(2)31-23-8-9-24(26)20(15-23)14-19-10-12-28(13-11-19)16-21-17-29(25(30)27-21)22-6-4-3-5-7-22/h3-9,15,18-19,21H,10-14,16-17H2,1-2H3,(H,27,30). The number of ether oxygens (including phenoxy) is 1. The van der Waals surface area contributed by atoms with Crippen LogP contribution in [0.3, 0.4) is 0 Å². The van der Waals surface area contributed by atoms with Gasteiger partial charge in [-0.1, -0.05) is 29.8 Å². The van der Waals surface area contributed by atoms with Crippen LogP contribution >= 0.6 is 11.6 Å². The van der Waals surface area contributed by atoms with E-state index < -0.39 is 0 Å². The number of piperidine rings is 1. The molecule has 2 aromatic carbocycles. The lowest BCUT2D eigenvalue weighted by Gasteiger charge is -2.33. The summed E-state index contributed by atoms with van der Waals surface area (Å²) in [5, 5.41) is 3.97. The van der Waals surface area contributed by atoms with Crippen LogP contribution in [0.15, 0.2) is 48.5 Å². The molecule has 0 radical (unpaired) electrons. The second-order valence-electron chi connectivity index (χ2n) is 8.96. The summed E-state index contributed by atoms with van der Waals surface area (Å²) in [6, 6.07) is 16.1. The Morgan fingerprint density at radius 2 is 1.87 bits per heavy atom. The lowest BCUT2D eigenvalue weighted by Crippen LogP contribution is -2.43. The smallest absolute Gasteiger partial charge is 0.322 e. The summed E-state index contributed by atoms with van der Waals surface area (Å²) in [7, 11) is 0. The Balaban J connectivity index is 1.26. The number of hydrogen-bond acceptors (Lipinski definition) is 3. The average molecular weight is 442 g/mol. The molecule has 1 unspecified atom stereocenters. The summed E-state index contributed by atoms with van der Waals surface area (Å²) in [5.74, 6) is 1.52. The molecule has 2 aromatic rings. The molecule has 5 nitrogen and oxygen atoms in total. The number of urea groups is 1. The minimum Gasteiger partial charge on any atom is -0.491 e. The van der Waals surface area contributed by atoms with Crippen molar-refractivity contribution in [3.63, 3.8) is 0 Å². The van der Waals surface area contributed by atoms with E-state index in [4.69, 9.17) is 16.3 Å². The fraction of sp³-hybridized carbons (Fsp3) is 0.480. The van der Waals surface area contributed by atoms with Gasteiger partial charge in [-0.2, -0.15) is 0 Å². The molecule has 166 valence electrons. The molecule has 0 spiro atoms. The van der Waals surface area contributed by atoms with Crippen molar-refractivity contribution in [3.05, 3.63) is 59.1 Å². The molecular formula is C25H32ClN3O2. The Kier molecular flexibility index (Phi) is 7.03. The molecule has 2 aliphatic heterocycles. The maximum atomic E-state index is 12.4. The second kappa shape index (κ2) is 9.92. The molecule has 2 fully saturated rings. The molecule has 31 heavy (non-hydrogen) atoms. The average Bonchev–Trinajstić information content (AvgIpc) is 3.12. The fourth-order valence-corrected chi connectivity index (χ4v) is 4.78. The minimum absolute atomic E-state index is 0.00391. The first-order valence-corrected chi connectivity index (χ1v) is 11.7. The van der Waals surface area contributed by atoms with Gasteiger partial charge in [-0.3, -0.25) is 4.90 Å². The maximum Gasteiger partial charge on any atom is 0.322 e. The molecular weight excluding hydrogens is 410 g/mol. The summed E-state index contributed by atoms with van der Waals surface area (Å²) in [6.07, 6.45) is 3.44. The van der Waals surface area contributed by atoms with Gasteiger partial charge in [0.15, 0.2) is 0 Å². The van der Waals surface area contributed by atoms with Crippen molar-refractivity contribution in [1.82, 2.24) is 10.2 Å². The number of benzene rings is 2. The van der Waals surface area contributed by atoms with Crippen molar-refractivity contribution in [1.29, 1.82) is 0 Å². The van der Waals surface area contributed by atoms with E-state index in [2.05, 4.69) is 16.3 Å². The van der Waals surface area contributed by atoms with E-state index in [1.54, 1.807) is 0 Å². The van der Waals surface area contributed by atoms with Crippen LogP contribution in [0, 0.1) is 5.92 Å². The molecule has 0 bridgehead atoms. The maximum absolute atomic E-state index is 12.4. The number of anilines is 1. The Labute approximate surface area is 190 Å². The van der Waals surface area contributed by atoms with Crippen LogP contribution in [0.2, 0.25) is 5.02 Å². The van der Waals surface area contributed by atoms with Gasteiger partial charge in [0.1, 0.15) is 5.75 Å². The Hall–Kier alpha value is -2.24. The van der Waals surface area contributed by atoms with E-state index in [9.17, 15) is 4.79 Å². The minimum atomic E-state index is 0.00391. The zero-order chi connectivity index (χ0) is 21.8. The Bertz CT molecular complexity index is 882. The second-order valence-corrected chi connectivity index (χ2v) is 9.37. The van der Waals surface area contributed by atoms with E-state index in [-0.39, 0.29) is 18.2 Å². The predicted molar refractivity (Wildman–Crippen MR) is 126 cm³/mol. The monoisotopic (exact) mass is 441 g/mol. The van der Waals surface area contributed by atoms with E-state index in [0.717, 1.165) is 61.9 Å². The number of likely N-dealkylation sites (tertiary alicyclic amines) is 1. The molecule has 2 amide bonds. The van der Waals surface area contributed by atoms with Gasteiger partial charge in [-0.15, -0.1) is 0 Å². The van der Waals surface area contributed by atoms with E-state index in [1.165, 1.54) is 5.56 Å². The van der Waals surface area contributed by atoms with Crippen LogP contribution in [-0.2, 0) is 6.42 Å². The summed E-state index contributed by atoms with van der Waals surface area (Å²) in [5.41, 5.74) is 2.14. The van der Waals surface area contributed by atoms with Crippen LogP contribution < -0.4 is 15.0 Å². The molecule has 1 N–H and O–H groups in total. The van der Waals surface area contributed by atoms with Crippen molar-refractivity contribution in [3.8, 4) is 5.75 Å². The molecule has 2 heterocycles. The quantitative estimate of drug-likeness (QED) is 0.659. The van der Waals surface area contributed by atoms with Crippen LogP contribution in [0.25, 0.3) is 0 Å². The molecule has 2 saturated heterocycles. The third-order valence-electron chi connectivity index (χ3n) is 6.13. The molecule has 0 aromatic heterocycles. The highest BCUT2D eigenvalue weighted by atomic mass is 35.5. The van der Waals surface area contributed by atoms with Crippen LogP contribution in [0.1, 0.15) is 32.3 Å². The number of nitrogens with zero attached hydrogens (tertiary/aromatic N) is 2. The van der Waals surface area contributed by atoms with Gasteiger partial charge in [0.25, 0.3) is 0 Å². The largest absolute Gasteiger partial charge is 0.491 e. The van der Waals surface area contributed by atoms with E-state index in [1.807, 2.05) is 61.2 Å². The number of halogens is 1. The Morgan fingerprint density at radius 1 is 1.13 bits per heavy atom. The van der Waals surface area contributed by atoms with E-state index >= 15 is 0 Å². The number of hydrogen-bond donors (Lipinski definition) is 1. The summed E-state index contributed by atoms with van der Waals surface area (Å²) >= 11 is 6.46. The van der Waals surface area contributed by atoms with Gasteiger partial charge in [-0.05, 0) is 88.0 Å². The molecule has 4 rings (SSSR count).